The van der Waals surface area contributed by atoms with Crippen LogP contribution in [0.4, 0.5) is 10.5 Å². The summed E-state index contributed by atoms with van der Waals surface area (Å²) in [6.07, 6.45) is 1.37. The van der Waals surface area contributed by atoms with Gasteiger partial charge in [-0.2, -0.15) is 0 Å². The highest BCUT2D eigenvalue weighted by molar-refractivity contribution is 5.90. The van der Waals surface area contributed by atoms with Crippen molar-refractivity contribution in [2.45, 2.75) is 95.2 Å². The molecule has 0 spiro atoms. The Hall–Kier alpha value is -2.50. The molecule has 30 heavy (non-hydrogen) atoms. The maximum Gasteiger partial charge on any atom is 0.419 e. The Balaban J connectivity index is 0. The minimum absolute atomic E-state index is 0.406. The molecule has 0 unspecified atom stereocenters. The van der Waals surface area contributed by atoms with Crippen molar-refractivity contribution in [1.29, 1.82) is 0 Å². The van der Waals surface area contributed by atoms with Gasteiger partial charge in [0.1, 0.15) is 5.60 Å². The van der Waals surface area contributed by atoms with E-state index >= 15 is 0 Å². The van der Waals surface area contributed by atoms with Crippen LogP contribution >= 0.6 is 0 Å². The highest BCUT2D eigenvalue weighted by atomic mass is 16.6. The maximum absolute atomic E-state index is 12.2. The van der Waals surface area contributed by atoms with Gasteiger partial charge in [0.25, 0.3) is 0 Å². The van der Waals surface area contributed by atoms with Gasteiger partial charge in [-0.05, 0) is 64.8 Å². The Labute approximate surface area is 182 Å². The van der Waals surface area contributed by atoms with Crippen LogP contribution in [-0.4, -0.2) is 16.3 Å². The first-order valence-corrected chi connectivity index (χ1v) is 11.0. The lowest BCUT2D eigenvalue weighted by molar-refractivity contribution is 0.0756. The van der Waals surface area contributed by atoms with Crippen LogP contribution in [0.5, 0.6) is 0 Å². The first-order valence-electron chi connectivity index (χ1n) is 11.0. The van der Waals surface area contributed by atoms with Crippen molar-refractivity contribution in [2.75, 3.05) is 5.32 Å². The van der Waals surface area contributed by atoms with E-state index in [0.717, 1.165) is 11.1 Å². The van der Waals surface area contributed by atoms with Gasteiger partial charge in [0.05, 0.1) is 5.52 Å². The van der Waals surface area contributed by atoms with Gasteiger partial charge in [-0.25, -0.2) is 9.59 Å². The average Bonchev–Trinajstić information content (AvgIpc) is 3.05. The molecular weight excluding hydrogens is 380 g/mol. The Kier molecular flexibility index (Phi) is 14.3. The number of aryl methyl sites for hydroxylation is 2. The van der Waals surface area contributed by atoms with Crippen LogP contribution < -0.4 is 11.1 Å². The van der Waals surface area contributed by atoms with Crippen molar-refractivity contribution in [3.8, 4) is 0 Å². The number of benzene rings is 1. The van der Waals surface area contributed by atoms with Gasteiger partial charge in [-0.1, -0.05) is 47.6 Å². The summed E-state index contributed by atoms with van der Waals surface area (Å²) in [5.74, 6) is -0.406. The number of oxazole rings is 1. The predicted molar refractivity (Wildman–Crippen MR) is 129 cm³/mol. The number of hydrogen-bond acceptors (Lipinski definition) is 4. The van der Waals surface area contributed by atoms with E-state index in [4.69, 9.17) is 9.15 Å². The fraction of sp³-hybridized carbons (Fsp3) is 0.583. The summed E-state index contributed by atoms with van der Waals surface area (Å²) < 4.78 is 12.2. The van der Waals surface area contributed by atoms with Crippen LogP contribution in [0, 0.1) is 6.92 Å². The van der Waals surface area contributed by atoms with Crippen molar-refractivity contribution >= 4 is 22.9 Å². The van der Waals surface area contributed by atoms with E-state index in [1.807, 2.05) is 89.2 Å². The summed E-state index contributed by atoms with van der Waals surface area (Å²) in [4.78, 5) is 24.0. The van der Waals surface area contributed by atoms with Crippen LogP contribution in [-0.2, 0) is 11.3 Å². The molecule has 172 valence electrons. The highest BCUT2D eigenvalue weighted by Gasteiger charge is 2.25. The standard InChI is InChI=1S/C18H24N2O4.3C2H6/c1-7-12(4)18(5,6)24-16(21)19-13-10-14-15(9-11(13)3)23-17(22)20(14)8-2;3*1-2/h7,9-10H,8H2,1-6H3,(H,19,21);3*1-2H3/b12-7-;;;. The van der Waals surface area contributed by atoms with Crippen LogP contribution in [0.3, 0.4) is 0 Å². The number of nitrogens with one attached hydrogen (secondary N) is 1. The molecule has 0 atom stereocenters. The number of aromatic nitrogens is 1. The van der Waals surface area contributed by atoms with Crippen LogP contribution in [0.2, 0.25) is 0 Å². The summed E-state index contributed by atoms with van der Waals surface area (Å²) in [6, 6.07) is 3.47. The van der Waals surface area contributed by atoms with E-state index in [2.05, 4.69) is 5.32 Å². The predicted octanol–water partition coefficient (Wildman–Crippen LogP) is 7.29. The monoisotopic (exact) mass is 422 g/mol. The van der Waals surface area contributed by atoms with Crippen LogP contribution in [0.15, 0.2) is 33.0 Å². The van der Waals surface area contributed by atoms with Crippen molar-refractivity contribution < 1.29 is 13.9 Å². The summed E-state index contributed by atoms with van der Waals surface area (Å²) in [7, 11) is 0. The number of carbonyl (C=O) groups excluding carboxylic acids is 1. The minimum Gasteiger partial charge on any atom is -0.439 e. The molecular formula is C24H42N2O4. The number of fused-ring (bicyclic) bond motifs is 1. The average molecular weight is 423 g/mol. The summed E-state index contributed by atoms with van der Waals surface area (Å²) in [5.41, 5.74) is 2.79. The number of amides is 1. The maximum atomic E-state index is 12.2. The number of hydrogen-bond donors (Lipinski definition) is 1. The molecule has 1 amide bonds. The molecule has 6 heteroatoms. The molecule has 6 nitrogen and oxygen atoms in total. The minimum atomic E-state index is -0.696. The lowest BCUT2D eigenvalue weighted by Gasteiger charge is -2.26. The van der Waals surface area contributed by atoms with E-state index in [1.54, 1.807) is 12.1 Å². The second-order valence-corrected chi connectivity index (χ2v) is 6.24. The molecule has 0 radical (unpaired) electrons. The summed E-state index contributed by atoms with van der Waals surface area (Å²) >= 11 is 0. The molecule has 0 aliphatic rings. The topological polar surface area (TPSA) is 73.5 Å². The quantitative estimate of drug-likeness (QED) is 0.525. The number of carbonyl (C=O) groups is 1. The fourth-order valence-electron chi connectivity index (χ4n) is 2.44. The van der Waals surface area contributed by atoms with Crippen molar-refractivity contribution in [1.82, 2.24) is 4.57 Å². The molecule has 0 bridgehead atoms. The summed E-state index contributed by atoms with van der Waals surface area (Å²) in [6.45, 7) is 23.7. The van der Waals surface area contributed by atoms with E-state index in [1.165, 1.54) is 4.57 Å². The molecule has 1 N–H and O–H groups in total. The molecule has 0 saturated carbocycles. The molecule has 1 heterocycles. The third-order valence-electron chi connectivity index (χ3n) is 4.30. The number of allylic oxidation sites excluding steroid dienone is 1. The Morgan fingerprint density at radius 1 is 1.17 bits per heavy atom. The Morgan fingerprint density at radius 3 is 2.17 bits per heavy atom. The molecule has 0 fully saturated rings. The molecule has 0 aliphatic heterocycles. The number of rotatable bonds is 4. The summed E-state index contributed by atoms with van der Waals surface area (Å²) in [5, 5.41) is 2.75. The third-order valence-corrected chi connectivity index (χ3v) is 4.30. The van der Waals surface area contributed by atoms with Gasteiger partial charge in [-0.3, -0.25) is 9.88 Å². The van der Waals surface area contributed by atoms with Gasteiger partial charge >= 0.3 is 11.8 Å². The lowest BCUT2D eigenvalue weighted by Crippen LogP contribution is -2.31. The van der Waals surface area contributed by atoms with Crippen molar-refractivity contribution in [3.63, 3.8) is 0 Å². The molecule has 1 aromatic carbocycles. The van der Waals surface area contributed by atoms with E-state index in [9.17, 15) is 9.59 Å². The van der Waals surface area contributed by atoms with Crippen molar-refractivity contribution in [3.05, 3.63) is 39.9 Å². The zero-order valence-corrected chi connectivity index (χ0v) is 21.0. The molecule has 2 aromatic rings. The second kappa shape index (κ2) is 14.5. The van der Waals surface area contributed by atoms with E-state index in [0.29, 0.717) is 23.3 Å². The first-order chi connectivity index (χ1) is 14.2. The van der Waals surface area contributed by atoms with E-state index in [-0.39, 0.29) is 0 Å². The smallest absolute Gasteiger partial charge is 0.419 e. The third kappa shape index (κ3) is 7.73. The normalized spacial score (nSPS) is 10.6. The number of nitrogens with zero attached hydrogens (tertiary/aromatic N) is 1. The number of ether oxygens (including phenoxy) is 1. The van der Waals surface area contributed by atoms with Gasteiger partial charge < -0.3 is 9.15 Å². The van der Waals surface area contributed by atoms with Crippen LogP contribution in [0.1, 0.15) is 81.7 Å². The largest absolute Gasteiger partial charge is 0.439 e. The lowest BCUT2D eigenvalue weighted by atomic mass is 10.00. The fourth-order valence-corrected chi connectivity index (χ4v) is 2.44. The Morgan fingerprint density at radius 2 is 1.70 bits per heavy atom. The molecule has 0 saturated heterocycles. The highest BCUT2D eigenvalue weighted by Crippen LogP contribution is 2.25. The zero-order chi connectivity index (χ0) is 24.1. The molecule has 0 aliphatic carbocycles. The Bertz CT molecular complexity index is 858. The van der Waals surface area contributed by atoms with Crippen LogP contribution in [0.25, 0.3) is 11.1 Å². The SMILES string of the molecule is C/C=C(/C)C(C)(C)OC(=O)Nc1cc2c(cc1C)oc(=O)n2CC.CC.CC.CC. The van der Waals surface area contributed by atoms with Gasteiger partial charge in [-0.15, -0.1) is 0 Å². The van der Waals surface area contributed by atoms with Gasteiger partial charge in [0.15, 0.2) is 5.58 Å². The molecule has 2 rings (SSSR count). The van der Waals surface area contributed by atoms with Crippen molar-refractivity contribution in [2.24, 2.45) is 0 Å². The van der Waals surface area contributed by atoms with E-state index < -0.39 is 17.5 Å². The van der Waals surface area contributed by atoms with Gasteiger partial charge in [0, 0.05) is 12.2 Å². The second-order valence-electron chi connectivity index (χ2n) is 6.24. The van der Waals surface area contributed by atoms with Gasteiger partial charge in [0.2, 0.25) is 0 Å². The zero-order valence-electron chi connectivity index (χ0n) is 21.0. The molecule has 1 aromatic heterocycles. The number of anilines is 1. The first kappa shape index (κ1) is 29.7.